The molecule has 3 aromatic rings. The van der Waals surface area contributed by atoms with Gasteiger partial charge in [-0.3, -0.25) is 4.79 Å². The van der Waals surface area contributed by atoms with Gasteiger partial charge in [0.1, 0.15) is 17.6 Å². The first-order valence-electron chi connectivity index (χ1n) is 14.5. The lowest BCUT2D eigenvalue weighted by atomic mass is 9.99. The maximum atomic E-state index is 13.7. The Morgan fingerprint density at radius 3 is 2.33 bits per heavy atom. The fraction of sp³-hybridized carbons (Fsp3) is 0.344. The van der Waals surface area contributed by atoms with E-state index < -0.39 is 18.2 Å². The molecule has 0 bridgehead atoms. The zero-order valence-corrected chi connectivity index (χ0v) is 25.5. The second-order valence-electron chi connectivity index (χ2n) is 11.0. The summed E-state index contributed by atoms with van der Waals surface area (Å²) in [6.45, 7) is 4.07. The number of carbonyl (C=O) groups is 3. The quantitative estimate of drug-likeness (QED) is 0.289. The lowest BCUT2D eigenvalue weighted by Gasteiger charge is -2.38. The van der Waals surface area contributed by atoms with Gasteiger partial charge >= 0.3 is 12.1 Å². The minimum Gasteiger partial charge on any atom is -0.497 e. The van der Waals surface area contributed by atoms with Crippen LogP contribution < -0.4 is 34.9 Å². The van der Waals surface area contributed by atoms with Crippen LogP contribution in [0.3, 0.4) is 0 Å². The van der Waals surface area contributed by atoms with Crippen molar-refractivity contribution in [2.24, 2.45) is 5.92 Å². The molecule has 45 heavy (non-hydrogen) atoms. The number of benzene rings is 3. The second kappa shape index (κ2) is 13.6. The minimum absolute atomic E-state index is 0.133. The third-order valence-corrected chi connectivity index (χ3v) is 7.69. The van der Waals surface area contributed by atoms with Crippen molar-refractivity contribution in [2.45, 2.75) is 26.0 Å². The lowest BCUT2D eigenvalue weighted by Crippen LogP contribution is -2.50. The summed E-state index contributed by atoms with van der Waals surface area (Å²) in [4.78, 5) is 42.7. The number of amides is 5. The van der Waals surface area contributed by atoms with Gasteiger partial charge in [-0.2, -0.15) is 0 Å². The molecule has 0 spiro atoms. The Balaban J connectivity index is 1.32. The molecule has 2 heterocycles. The van der Waals surface area contributed by atoms with Crippen molar-refractivity contribution in [1.29, 1.82) is 0 Å². The molecule has 0 saturated carbocycles. The van der Waals surface area contributed by atoms with E-state index in [1.165, 1.54) is 4.90 Å². The monoisotopic (exact) mass is 619 g/mol. The van der Waals surface area contributed by atoms with Crippen LogP contribution in [0.2, 0.25) is 0 Å². The van der Waals surface area contributed by atoms with Gasteiger partial charge in [0.25, 0.3) is 5.91 Å². The summed E-state index contributed by atoms with van der Waals surface area (Å²) >= 11 is 0. The Morgan fingerprint density at radius 2 is 1.62 bits per heavy atom. The average Bonchev–Trinajstić information content (AvgIpc) is 3.51. The molecule has 0 aromatic heterocycles. The smallest absolute Gasteiger partial charge is 0.323 e. The molecule has 0 unspecified atom stereocenters. The molecule has 13 heteroatoms. The number of nitrogens with one attached hydrogen (secondary N) is 3. The van der Waals surface area contributed by atoms with Crippen molar-refractivity contribution in [2.75, 3.05) is 56.6 Å². The highest BCUT2D eigenvalue weighted by atomic mass is 16.7. The van der Waals surface area contributed by atoms with E-state index in [2.05, 4.69) is 16.0 Å². The largest absolute Gasteiger partial charge is 0.497 e. The van der Waals surface area contributed by atoms with Crippen LogP contribution in [-0.2, 0) is 0 Å². The van der Waals surface area contributed by atoms with Gasteiger partial charge in [-0.15, -0.1) is 0 Å². The van der Waals surface area contributed by atoms with Crippen LogP contribution in [-0.4, -0.2) is 85.7 Å². The normalized spacial score (nSPS) is 17.6. The first-order valence-corrected chi connectivity index (χ1v) is 14.5. The molecule has 0 radical (unpaired) electrons. The molecule has 0 saturated heterocycles. The molecule has 238 valence electrons. The second-order valence-corrected chi connectivity index (χ2v) is 11.0. The standard InChI is InChI=1S/C32H37N5O8/c1-19-15-37(20(2)17-38)30(39)25-13-22(34-31(40)33-21-5-9-24(42-4)10-6-21)7-11-26(25)45-29(19)16-36(3)32(41)35-23-8-12-27-28(14-23)44-18-43-27/h5-14,19-20,29,38H,15-18H2,1-4H3,(H,35,41)(H2,33,34,40)/t19-,20+,29-/m0/s1. The molecule has 0 fully saturated rings. The number of fused-ring (bicyclic) bond motifs is 2. The molecule has 4 N–H and O–H groups in total. The number of hydrogen-bond acceptors (Lipinski definition) is 8. The number of aliphatic hydroxyl groups excluding tert-OH is 1. The third-order valence-electron chi connectivity index (χ3n) is 7.69. The van der Waals surface area contributed by atoms with Gasteiger partial charge in [0, 0.05) is 42.6 Å². The van der Waals surface area contributed by atoms with Gasteiger partial charge < -0.3 is 49.8 Å². The predicted molar refractivity (Wildman–Crippen MR) is 167 cm³/mol. The van der Waals surface area contributed by atoms with E-state index in [9.17, 15) is 19.5 Å². The van der Waals surface area contributed by atoms with Crippen LogP contribution >= 0.6 is 0 Å². The average molecular weight is 620 g/mol. The molecule has 3 atom stereocenters. The van der Waals surface area contributed by atoms with Gasteiger partial charge in [-0.1, -0.05) is 6.92 Å². The summed E-state index contributed by atoms with van der Waals surface area (Å²) < 4.78 is 22.3. The van der Waals surface area contributed by atoms with E-state index in [0.717, 1.165) is 0 Å². The molecule has 0 aliphatic carbocycles. The van der Waals surface area contributed by atoms with Gasteiger partial charge in [0.2, 0.25) is 6.79 Å². The van der Waals surface area contributed by atoms with Gasteiger partial charge in [0.15, 0.2) is 11.5 Å². The van der Waals surface area contributed by atoms with E-state index in [4.69, 9.17) is 18.9 Å². The predicted octanol–water partition coefficient (Wildman–Crippen LogP) is 4.45. The Morgan fingerprint density at radius 1 is 0.978 bits per heavy atom. The van der Waals surface area contributed by atoms with Gasteiger partial charge in [-0.25, -0.2) is 9.59 Å². The van der Waals surface area contributed by atoms with Crippen LogP contribution in [0.25, 0.3) is 0 Å². The van der Waals surface area contributed by atoms with Crippen LogP contribution in [0.15, 0.2) is 60.7 Å². The number of rotatable bonds is 8. The van der Waals surface area contributed by atoms with E-state index in [0.29, 0.717) is 40.1 Å². The van der Waals surface area contributed by atoms with Gasteiger partial charge in [0.05, 0.1) is 31.9 Å². The Hall–Kier alpha value is -5.17. The minimum atomic E-state index is -0.505. The maximum absolute atomic E-state index is 13.7. The number of anilines is 3. The summed E-state index contributed by atoms with van der Waals surface area (Å²) in [5.74, 6) is 1.59. The molecule has 2 aliphatic rings. The summed E-state index contributed by atoms with van der Waals surface area (Å²) in [7, 11) is 3.22. The number of hydrogen-bond donors (Lipinski definition) is 4. The number of nitrogens with zero attached hydrogens (tertiary/aromatic N) is 2. The highest BCUT2D eigenvalue weighted by molar-refractivity contribution is 6.02. The summed E-state index contributed by atoms with van der Waals surface area (Å²) in [5, 5.41) is 18.3. The van der Waals surface area contributed by atoms with Gasteiger partial charge in [-0.05, 0) is 61.5 Å². The number of urea groups is 2. The van der Waals surface area contributed by atoms with E-state index in [1.54, 1.807) is 86.6 Å². The van der Waals surface area contributed by atoms with Crippen molar-refractivity contribution in [3.05, 3.63) is 66.2 Å². The zero-order valence-electron chi connectivity index (χ0n) is 25.5. The van der Waals surface area contributed by atoms with Crippen molar-refractivity contribution < 1.29 is 38.4 Å². The fourth-order valence-electron chi connectivity index (χ4n) is 5.03. The van der Waals surface area contributed by atoms with E-state index in [1.807, 2.05) is 6.92 Å². The highest BCUT2D eigenvalue weighted by Crippen LogP contribution is 2.34. The van der Waals surface area contributed by atoms with Crippen LogP contribution in [0.5, 0.6) is 23.0 Å². The van der Waals surface area contributed by atoms with Crippen LogP contribution in [0, 0.1) is 5.92 Å². The van der Waals surface area contributed by atoms with E-state index >= 15 is 0 Å². The molecule has 5 amide bonds. The van der Waals surface area contributed by atoms with Crippen molar-refractivity contribution in [3.63, 3.8) is 0 Å². The molecular formula is C32H37N5O8. The number of methoxy groups -OCH3 is 1. The fourth-order valence-corrected chi connectivity index (χ4v) is 5.03. The molecule has 2 aliphatic heterocycles. The Bertz CT molecular complexity index is 1550. The van der Waals surface area contributed by atoms with Crippen LogP contribution in [0.1, 0.15) is 24.2 Å². The number of carbonyl (C=O) groups excluding carboxylic acids is 3. The Labute approximate surface area is 261 Å². The molecule has 13 nitrogen and oxygen atoms in total. The zero-order chi connectivity index (χ0) is 32.1. The first kappa shape index (κ1) is 31.3. The van der Waals surface area contributed by atoms with Crippen LogP contribution in [0.4, 0.5) is 26.7 Å². The molecule has 5 rings (SSSR count). The van der Waals surface area contributed by atoms with E-state index in [-0.39, 0.29) is 49.9 Å². The van der Waals surface area contributed by atoms with Crippen molar-refractivity contribution in [1.82, 2.24) is 9.80 Å². The third kappa shape index (κ3) is 7.32. The topological polar surface area (TPSA) is 151 Å². The maximum Gasteiger partial charge on any atom is 0.323 e. The first-order chi connectivity index (χ1) is 21.6. The number of ether oxygens (including phenoxy) is 4. The Kier molecular flexibility index (Phi) is 9.48. The lowest BCUT2D eigenvalue weighted by molar-refractivity contribution is 0.0371. The number of aliphatic hydroxyl groups is 1. The molecular weight excluding hydrogens is 582 g/mol. The molecule has 3 aromatic carbocycles. The summed E-state index contributed by atoms with van der Waals surface area (Å²) in [5.41, 5.74) is 1.71. The number of likely N-dealkylation sites (N-methyl/N-ethyl adjacent to an activating group) is 1. The van der Waals surface area contributed by atoms with Crippen molar-refractivity contribution >= 4 is 35.0 Å². The van der Waals surface area contributed by atoms with Crippen molar-refractivity contribution in [3.8, 4) is 23.0 Å². The SMILES string of the molecule is COc1ccc(NC(=O)Nc2ccc3c(c2)C(=O)N([C@H](C)CO)C[C@H](C)[C@H](CN(C)C(=O)Nc2ccc4c(c2)OCO4)O3)cc1. The summed E-state index contributed by atoms with van der Waals surface area (Å²) in [6.07, 6.45) is -0.505. The summed E-state index contributed by atoms with van der Waals surface area (Å²) in [6, 6.07) is 15.5. The highest BCUT2D eigenvalue weighted by Gasteiger charge is 2.34.